The van der Waals surface area contributed by atoms with E-state index in [1.165, 1.54) is 0 Å². The van der Waals surface area contributed by atoms with Gasteiger partial charge in [0, 0.05) is 10.6 Å². The Morgan fingerprint density at radius 2 is 1.38 bits per heavy atom. The largest absolute Gasteiger partial charge is 0.479 e. The standard InChI is InChI=1S/C23H19ClO5/c1-16(23(26)27-15-22(25)17-5-3-2-4-6-17)28-19-11-13-21(14-12-19)29-20-9-7-18(24)8-10-20/h2-14,16H,15H2,1H3. The van der Waals surface area contributed by atoms with Crippen LogP contribution in [0.4, 0.5) is 0 Å². The molecule has 0 aliphatic carbocycles. The highest BCUT2D eigenvalue weighted by Gasteiger charge is 2.18. The molecule has 29 heavy (non-hydrogen) atoms. The molecule has 3 rings (SSSR count). The van der Waals surface area contributed by atoms with Crippen LogP contribution in [0.25, 0.3) is 0 Å². The van der Waals surface area contributed by atoms with Gasteiger partial charge in [0.05, 0.1) is 0 Å². The van der Waals surface area contributed by atoms with Gasteiger partial charge in [0.25, 0.3) is 0 Å². The second kappa shape index (κ2) is 9.75. The number of rotatable bonds is 8. The Kier molecular flexibility index (Phi) is 6.87. The molecule has 0 saturated carbocycles. The van der Waals surface area contributed by atoms with E-state index in [0.717, 1.165) is 0 Å². The zero-order chi connectivity index (χ0) is 20.6. The molecule has 0 bridgehead atoms. The molecule has 0 N–H and O–H groups in total. The first kappa shape index (κ1) is 20.4. The van der Waals surface area contributed by atoms with Gasteiger partial charge >= 0.3 is 5.97 Å². The van der Waals surface area contributed by atoms with E-state index in [2.05, 4.69) is 0 Å². The molecule has 0 amide bonds. The van der Waals surface area contributed by atoms with Crippen LogP contribution in [0.1, 0.15) is 17.3 Å². The van der Waals surface area contributed by atoms with E-state index in [9.17, 15) is 9.59 Å². The molecule has 5 nitrogen and oxygen atoms in total. The summed E-state index contributed by atoms with van der Waals surface area (Å²) in [6, 6.07) is 22.5. The molecular formula is C23H19ClO5. The number of ether oxygens (including phenoxy) is 3. The fraction of sp³-hybridized carbons (Fsp3) is 0.130. The summed E-state index contributed by atoms with van der Waals surface area (Å²) in [6.45, 7) is 1.23. The number of halogens is 1. The number of ketones is 1. The maximum absolute atomic E-state index is 12.1. The Labute approximate surface area is 173 Å². The molecule has 0 aromatic heterocycles. The van der Waals surface area contributed by atoms with Crippen molar-refractivity contribution in [1.82, 2.24) is 0 Å². The number of hydrogen-bond donors (Lipinski definition) is 0. The van der Waals surface area contributed by atoms with Crippen LogP contribution < -0.4 is 9.47 Å². The fourth-order valence-corrected chi connectivity index (χ4v) is 2.56. The summed E-state index contributed by atoms with van der Waals surface area (Å²) in [6.07, 6.45) is -0.860. The summed E-state index contributed by atoms with van der Waals surface area (Å²) >= 11 is 5.85. The molecule has 0 fully saturated rings. The number of hydrogen-bond acceptors (Lipinski definition) is 5. The van der Waals surface area contributed by atoms with Crippen molar-refractivity contribution in [3.05, 3.63) is 89.4 Å². The van der Waals surface area contributed by atoms with Crippen molar-refractivity contribution in [1.29, 1.82) is 0 Å². The molecule has 0 aliphatic heterocycles. The summed E-state index contributed by atoms with van der Waals surface area (Å²) in [4.78, 5) is 24.1. The van der Waals surface area contributed by atoms with E-state index >= 15 is 0 Å². The van der Waals surface area contributed by atoms with Crippen LogP contribution in [-0.2, 0) is 9.53 Å². The maximum atomic E-state index is 12.1. The lowest BCUT2D eigenvalue weighted by Gasteiger charge is -2.14. The molecule has 0 aliphatic rings. The molecular weight excluding hydrogens is 392 g/mol. The second-order valence-electron chi connectivity index (χ2n) is 6.18. The van der Waals surface area contributed by atoms with E-state index in [1.54, 1.807) is 79.7 Å². The van der Waals surface area contributed by atoms with Crippen molar-refractivity contribution in [2.45, 2.75) is 13.0 Å². The molecule has 0 radical (unpaired) electrons. The van der Waals surface area contributed by atoms with Crippen molar-refractivity contribution < 1.29 is 23.8 Å². The Balaban J connectivity index is 1.49. The van der Waals surface area contributed by atoms with E-state index in [-0.39, 0.29) is 12.4 Å². The van der Waals surface area contributed by atoms with Gasteiger partial charge in [-0.25, -0.2) is 4.79 Å². The van der Waals surface area contributed by atoms with Gasteiger partial charge in [-0.2, -0.15) is 0 Å². The Hall–Kier alpha value is -3.31. The number of Topliss-reactive ketones (excluding diaryl/α,β-unsaturated/α-hetero) is 1. The summed E-state index contributed by atoms with van der Waals surface area (Å²) in [5, 5.41) is 0.632. The molecule has 3 aromatic rings. The van der Waals surface area contributed by atoms with Gasteiger partial charge in [-0.1, -0.05) is 41.9 Å². The molecule has 0 spiro atoms. The lowest BCUT2D eigenvalue weighted by molar-refractivity contribution is -0.149. The molecule has 3 aromatic carbocycles. The summed E-state index contributed by atoms with van der Waals surface area (Å²) < 4.78 is 16.3. The first-order chi connectivity index (χ1) is 14.0. The third kappa shape index (κ3) is 6.09. The van der Waals surface area contributed by atoms with E-state index < -0.39 is 12.1 Å². The highest BCUT2D eigenvalue weighted by Crippen LogP contribution is 2.25. The van der Waals surface area contributed by atoms with Crippen LogP contribution >= 0.6 is 11.6 Å². The van der Waals surface area contributed by atoms with Gasteiger partial charge < -0.3 is 14.2 Å². The highest BCUT2D eigenvalue weighted by atomic mass is 35.5. The van der Waals surface area contributed by atoms with Gasteiger partial charge in [-0.3, -0.25) is 4.79 Å². The van der Waals surface area contributed by atoms with Crippen molar-refractivity contribution in [2.24, 2.45) is 0 Å². The first-order valence-corrected chi connectivity index (χ1v) is 9.34. The predicted molar refractivity (Wildman–Crippen MR) is 110 cm³/mol. The van der Waals surface area contributed by atoms with Gasteiger partial charge in [-0.05, 0) is 55.5 Å². The van der Waals surface area contributed by atoms with Crippen LogP contribution in [0, 0.1) is 0 Å². The predicted octanol–water partition coefficient (Wildman–Crippen LogP) is 5.33. The Morgan fingerprint density at radius 1 is 0.828 bits per heavy atom. The van der Waals surface area contributed by atoms with Crippen LogP contribution in [0.5, 0.6) is 17.2 Å². The lowest BCUT2D eigenvalue weighted by Crippen LogP contribution is -2.28. The van der Waals surface area contributed by atoms with Crippen molar-refractivity contribution in [2.75, 3.05) is 6.61 Å². The van der Waals surface area contributed by atoms with Crippen LogP contribution in [0.3, 0.4) is 0 Å². The van der Waals surface area contributed by atoms with Crippen LogP contribution in [-0.4, -0.2) is 24.5 Å². The molecule has 148 valence electrons. The smallest absolute Gasteiger partial charge is 0.347 e. The number of carbonyl (C=O) groups excluding carboxylic acids is 2. The molecule has 1 atom stereocenters. The van der Waals surface area contributed by atoms with Crippen molar-refractivity contribution in [3.8, 4) is 17.2 Å². The lowest BCUT2D eigenvalue weighted by atomic mass is 10.1. The molecule has 0 heterocycles. The van der Waals surface area contributed by atoms with E-state index in [0.29, 0.717) is 27.8 Å². The van der Waals surface area contributed by atoms with Crippen molar-refractivity contribution >= 4 is 23.4 Å². The van der Waals surface area contributed by atoms with Gasteiger partial charge in [0.1, 0.15) is 17.2 Å². The summed E-state index contributed by atoms with van der Waals surface area (Å²) in [5.41, 5.74) is 0.491. The zero-order valence-electron chi connectivity index (χ0n) is 15.7. The van der Waals surface area contributed by atoms with Gasteiger partial charge in [0.2, 0.25) is 0 Å². The number of benzene rings is 3. The van der Waals surface area contributed by atoms with Crippen LogP contribution in [0.15, 0.2) is 78.9 Å². The topological polar surface area (TPSA) is 61.8 Å². The maximum Gasteiger partial charge on any atom is 0.347 e. The Morgan fingerprint density at radius 3 is 2.00 bits per heavy atom. The zero-order valence-corrected chi connectivity index (χ0v) is 16.5. The number of carbonyl (C=O) groups is 2. The van der Waals surface area contributed by atoms with E-state index in [1.807, 2.05) is 6.07 Å². The van der Waals surface area contributed by atoms with Gasteiger partial charge in [0.15, 0.2) is 18.5 Å². The third-order valence-corrected chi connectivity index (χ3v) is 4.21. The molecule has 1 unspecified atom stereocenters. The monoisotopic (exact) mass is 410 g/mol. The molecule has 0 saturated heterocycles. The average Bonchev–Trinajstić information content (AvgIpc) is 2.75. The minimum atomic E-state index is -0.860. The average molecular weight is 411 g/mol. The summed E-state index contributed by atoms with van der Waals surface area (Å²) in [7, 11) is 0. The van der Waals surface area contributed by atoms with Gasteiger partial charge in [-0.15, -0.1) is 0 Å². The number of esters is 1. The third-order valence-electron chi connectivity index (χ3n) is 3.96. The van der Waals surface area contributed by atoms with E-state index in [4.69, 9.17) is 25.8 Å². The SMILES string of the molecule is CC(Oc1ccc(Oc2ccc(Cl)cc2)cc1)C(=O)OCC(=O)c1ccccc1. The summed E-state index contributed by atoms with van der Waals surface area (Å²) in [5.74, 6) is 0.865. The molecule has 6 heteroatoms. The minimum absolute atomic E-state index is 0.269. The van der Waals surface area contributed by atoms with Crippen LogP contribution in [0.2, 0.25) is 5.02 Å². The fourth-order valence-electron chi connectivity index (χ4n) is 2.44. The second-order valence-corrected chi connectivity index (χ2v) is 6.62. The first-order valence-electron chi connectivity index (χ1n) is 8.96. The Bertz CT molecular complexity index is 953. The van der Waals surface area contributed by atoms with Crippen molar-refractivity contribution in [3.63, 3.8) is 0 Å². The highest BCUT2D eigenvalue weighted by molar-refractivity contribution is 6.30. The quantitative estimate of drug-likeness (QED) is 0.371. The minimum Gasteiger partial charge on any atom is -0.479 e. The normalized spacial score (nSPS) is 11.4.